The van der Waals surface area contributed by atoms with Gasteiger partial charge in [0.2, 0.25) is 0 Å². The number of carbonyl (C=O) groups is 2. The van der Waals surface area contributed by atoms with E-state index in [-0.39, 0.29) is 11.6 Å². The molecule has 3 aromatic carbocycles. The number of hydrogen-bond donors (Lipinski definition) is 1. The maximum atomic E-state index is 13.8. The second kappa shape index (κ2) is 9.83. The molecule has 1 aliphatic heterocycles. The number of imide groups is 1. The molecule has 34 heavy (non-hydrogen) atoms. The summed E-state index contributed by atoms with van der Waals surface area (Å²) < 4.78 is 11.3. The molecule has 0 aliphatic carbocycles. The van der Waals surface area contributed by atoms with Gasteiger partial charge in [0, 0.05) is 6.07 Å². The van der Waals surface area contributed by atoms with Gasteiger partial charge in [-0.1, -0.05) is 42.0 Å². The summed E-state index contributed by atoms with van der Waals surface area (Å²) >= 11 is 0. The second-order valence-corrected chi connectivity index (χ2v) is 8.00. The number of nitrogens with one attached hydrogen (secondary N) is 1. The minimum absolute atomic E-state index is 0.214. The number of aryl methyl sites for hydroxylation is 2. The smallest absolute Gasteiger partial charge is 0.282 e. The van der Waals surface area contributed by atoms with Gasteiger partial charge in [-0.15, -0.1) is 0 Å². The van der Waals surface area contributed by atoms with Crippen LogP contribution in [0.5, 0.6) is 11.5 Å². The van der Waals surface area contributed by atoms with E-state index in [9.17, 15) is 9.59 Å². The molecule has 2 amide bonds. The van der Waals surface area contributed by atoms with Crippen LogP contribution in [0.3, 0.4) is 0 Å². The molecule has 6 heteroatoms. The maximum Gasteiger partial charge on any atom is 0.282 e. The van der Waals surface area contributed by atoms with Crippen molar-refractivity contribution < 1.29 is 19.1 Å². The summed E-state index contributed by atoms with van der Waals surface area (Å²) in [7, 11) is 0. The lowest BCUT2D eigenvalue weighted by molar-refractivity contribution is -0.120. The van der Waals surface area contributed by atoms with Crippen LogP contribution in [0.4, 0.5) is 11.4 Å². The molecule has 1 N–H and O–H groups in total. The lowest BCUT2D eigenvalue weighted by Crippen LogP contribution is -2.32. The molecule has 0 fully saturated rings. The number of benzene rings is 3. The third-order valence-corrected chi connectivity index (χ3v) is 5.57. The van der Waals surface area contributed by atoms with Gasteiger partial charge >= 0.3 is 0 Å². The number of carbonyl (C=O) groups excluding carboxylic acids is 2. The molecule has 0 atom stereocenters. The van der Waals surface area contributed by atoms with Gasteiger partial charge in [-0.05, 0) is 63.1 Å². The van der Waals surface area contributed by atoms with E-state index in [0.29, 0.717) is 47.2 Å². The average molecular weight is 457 g/mol. The lowest BCUT2D eigenvalue weighted by atomic mass is 9.97. The standard InChI is InChI=1S/C28H28N2O4/c1-5-33-21-11-9-10-20(17-21)30-27(31)25(22-15-14-18(3)16-19(22)4)26(28(30)32)29-23-12-7-8-13-24(23)34-6-2/h7-17,29H,5-6H2,1-4H3. The number of rotatable bonds is 8. The van der Waals surface area contributed by atoms with Crippen molar-refractivity contribution in [1.82, 2.24) is 0 Å². The van der Waals surface area contributed by atoms with Crippen LogP contribution in [0.1, 0.15) is 30.5 Å². The van der Waals surface area contributed by atoms with Crippen molar-refractivity contribution in [2.45, 2.75) is 27.7 Å². The van der Waals surface area contributed by atoms with Crippen LogP contribution in [0.25, 0.3) is 5.57 Å². The van der Waals surface area contributed by atoms with Crippen molar-refractivity contribution in [3.63, 3.8) is 0 Å². The summed E-state index contributed by atoms with van der Waals surface area (Å²) in [6.45, 7) is 8.68. The Labute approximate surface area is 199 Å². The molecule has 0 saturated heterocycles. The zero-order valence-electron chi connectivity index (χ0n) is 19.8. The molecular weight excluding hydrogens is 428 g/mol. The molecule has 0 spiro atoms. The Morgan fingerprint density at radius 1 is 0.824 bits per heavy atom. The van der Waals surface area contributed by atoms with Gasteiger partial charge in [-0.3, -0.25) is 9.59 Å². The van der Waals surface area contributed by atoms with Crippen LogP contribution >= 0.6 is 0 Å². The number of hydrogen-bond acceptors (Lipinski definition) is 5. The molecule has 0 saturated carbocycles. The monoisotopic (exact) mass is 456 g/mol. The predicted molar refractivity (Wildman–Crippen MR) is 134 cm³/mol. The van der Waals surface area contributed by atoms with E-state index in [2.05, 4.69) is 5.32 Å². The van der Waals surface area contributed by atoms with Crippen molar-refractivity contribution in [2.75, 3.05) is 23.4 Å². The molecule has 0 aromatic heterocycles. The molecule has 1 heterocycles. The van der Waals surface area contributed by atoms with E-state index >= 15 is 0 Å². The molecule has 6 nitrogen and oxygen atoms in total. The fourth-order valence-electron chi connectivity index (χ4n) is 4.09. The predicted octanol–water partition coefficient (Wildman–Crippen LogP) is 5.50. The van der Waals surface area contributed by atoms with Gasteiger partial charge in [0.25, 0.3) is 11.8 Å². The summed E-state index contributed by atoms with van der Waals surface area (Å²) in [6.07, 6.45) is 0. The third kappa shape index (κ3) is 4.39. The van der Waals surface area contributed by atoms with E-state index in [0.717, 1.165) is 11.1 Å². The minimum Gasteiger partial charge on any atom is -0.494 e. The Hall–Kier alpha value is -4.06. The van der Waals surface area contributed by atoms with Crippen LogP contribution in [-0.4, -0.2) is 25.0 Å². The largest absolute Gasteiger partial charge is 0.494 e. The normalized spacial score (nSPS) is 13.5. The molecule has 0 bridgehead atoms. The third-order valence-electron chi connectivity index (χ3n) is 5.57. The van der Waals surface area contributed by atoms with E-state index in [1.807, 2.05) is 70.2 Å². The van der Waals surface area contributed by atoms with Crippen LogP contribution in [-0.2, 0) is 9.59 Å². The number of amides is 2. The Morgan fingerprint density at radius 2 is 1.59 bits per heavy atom. The molecular formula is C28H28N2O4. The summed E-state index contributed by atoms with van der Waals surface area (Å²) in [5.41, 5.74) is 4.32. The van der Waals surface area contributed by atoms with Crippen LogP contribution in [0, 0.1) is 13.8 Å². The quantitative estimate of drug-likeness (QED) is 0.454. The average Bonchev–Trinajstić information content (AvgIpc) is 3.05. The first-order valence-electron chi connectivity index (χ1n) is 11.4. The zero-order valence-corrected chi connectivity index (χ0v) is 19.8. The first kappa shape index (κ1) is 23.1. The molecule has 4 rings (SSSR count). The van der Waals surface area contributed by atoms with Crippen LogP contribution < -0.4 is 19.7 Å². The number of nitrogens with zero attached hydrogens (tertiary/aromatic N) is 1. The topological polar surface area (TPSA) is 67.9 Å². The van der Waals surface area contributed by atoms with Gasteiger partial charge in [-0.2, -0.15) is 0 Å². The Kier molecular flexibility index (Phi) is 6.68. The summed E-state index contributed by atoms with van der Waals surface area (Å²) in [4.78, 5) is 28.7. The lowest BCUT2D eigenvalue weighted by Gasteiger charge is -2.17. The highest BCUT2D eigenvalue weighted by Crippen LogP contribution is 2.37. The fourth-order valence-corrected chi connectivity index (χ4v) is 4.09. The van der Waals surface area contributed by atoms with Gasteiger partial charge in [0.15, 0.2) is 0 Å². The van der Waals surface area contributed by atoms with E-state index in [1.165, 1.54) is 4.90 Å². The van der Waals surface area contributed by atoms with Gasteiger partial charge in [-0.25, -0.2) is 4.90 Å². The number of para-hydroxylation sites is 2. The highest BCUT2D eigenvalue weighted by atomic mass is 16.5. The van der Waals surface area contributed by atoms with Crippen molar-refractivity contribution >= 4 is 28.8 Å². The Bertz CT molecular complexity index is 1280. The van der Waals surface area contributed by atoms with Crippen molar-refractivity contribution in [3.8, 4) is 11.5 Å². The van der Waals surface area contributed by atoms with Gasteiger partial charge in [0.1, 0.15) is 17.2 Å². The Balaban J connectivity index is 1.84. The summed E-state index contributed by atoms with van der Waals surface area (Å²) in [6, 6.07) is 20.2. The van der Waals surface area contributed by atoms with Crippen molar-refractivity contribution in [2.24, 2.45) is 0 Å². The van der Waals surface area contributed by atoms with Gasteiger partial charge < -0.3 is 14.8 Å². The molecule has 0 unspecified atom stereocenters. The summed E-state index contributed by atoms with van der Waals surface area (Å²) in [5, 5.41) is 3.22. The highest BCUT2D eigenvalue weighted by Gasteiger charge is 2.41. The molecule has 3 aromatic rings. The van der Waals surface area contributed by atoms with Crippen LogP contribution in [0.15, 0.2) is 72.4 Å². The molecule has 1 aliphatic rings. The first-order valence-corrected chi connectivity index (χ1v) is 11.4. The van der Waals surface area contributed by atoms with Gasteiger partial charge in [0.05, 0.1) is 30.2 Å². The van der Waals surface area contributed by atoms with Crippen molar-refractivity contribution in [3.05, 3.63) is 89.1 Å². The second-order valence-electron chi connectivity index (χ2n) is 8.00. The fraction of sp³-hybridized carbons (Fsp3) is 0.214. The molecule has 174 valence electrons. The number of ether oxygens (including phenoxy) is 2. The van der Waals surface area contributed by atoms with E-state index < -0.39 is 5.91 Å². The Morgan fingerprint density at radius 3 is 2.32 bits per heavy atom. The zero-order chi connectivity index (χ0) is 24.2. The SMILES string of the molecule is CCOc1cccc(N2C(=O)C(Nc3ccccc3OCC)=C(c3ccc(C)cc3C)C2=O)c1. The van der Waals surface area contributed by atoms with E-state index in [1.54, 1.807) is 24.3 Å². The van der Waals surface area contributed by atoms with E-state index in [4.69, 9.17) is 9.47 Å². The first-order chi connectivity index (χ1) is 16.4. The number of anilines is 2. The van der Waals surface area contributed by atoms with Crippen molar-refractivity contribution in [1.29, 1.82) is 0 Å². The summed E-state index contributed by atoms with van der Waals surface area (Å²) in [5.74, 6) is 0.383. The maximum absolute atomic E-state index is 13.8. The molecule has 0 radical (unpaired) electrons. The highest BCUT2D eigenvalue weighted by molar-refractivity contribution is 6.46. The minimum atomic E-state index is -0.431. The van der Waals surface area contributed by atoms with Crippen LogP contribution in [0.2, 0.25) is 0 Å².